The highest BCUT2D eigenvalue weighted by Gasteiger charge is 2.42. The van der Waals surface area contributed by atoms with E-state index in [0.29, 0.717) is 10.4 Å². The van der Waals surface area contributed by atoms with Crippen LogP contribution in [0, 0.1) is 23.3 Å². The molecule has 3 aromatic rings. The number of alkyl halides is 3. The Bertz CT molecular complexity index is 1200. The molecule has 1 N–H and O–H groups in total. The Kier molecular flexibility index (Phi) is 5.48. The third-order valence-corrected chi connectivity index (χ3v) is 3.92. The third kappa shape index (κ3) is 3.83. The molecular weight excluding hydrogens is 443 g/mol. The molecule has 0 bridgehead atoms. The van der Waals surface area contributed by atoms with Crippen LogP contribution in [0.15, 0.2) is 38.6 Å². The first-order valence-corrected chi connectivity index (χ1v) is 7.94. The summed E-state index contributed by atoms with van der Waals surface area (Å²) in [5.74, 6) is -12.1. The van der Waals surface area contributed by atoms with E-state index in [0.717, 1.165) is 0 Å². The minimum Gasteiger partial charge on any atom is -0.854 e. The van der Waals surface area contributed by atoms with E-state index in [-0.39, 0.29) is 5.69 Å². The highest BCUT2D eigenvalue weighted by molar-refractivity contribution is 5.88. The van der Waals surface area contributed by atoms with E-state index >= 15 is 0 Å². The maximum Gasteiger partial charge on any atom is 0.436 e. The lowest BCUT2D eigenvalue weighted by atomic mass is 10.1. The first-order valence-electron chi connectivity index (χ1n) is 7.94. The zero-order valence-corrected chi connectivity index (χ0v) is 15.0. The summed E-state index contributed by atoms with van der Waals surface area (Å²) in [6, 6.07) is 5.44. The van der Waals surface area contributed by atoms with Gasteiger partial charge in [-0.3, -0.25) is 9.52 Å². The Morgan fingerprint density at radius 3 is 2.10 bits per heavy atom. The summed E-state index contributed by atoms with van der Waals surface area (Å²) >= 11 is 0. The fraction of sp³-hybridized carbons (Fsp3) is 0.118. The summed E-state index contributed by atoms with van der Waals surface area (Å²) < 4.78 is 103. The van der Waals surface area contributed by atoms with E-state index in [9.17, 15) is 40.6 Å². The van der Waals surface area contributed by atoms with Crippen LogP contribution in [0.25, 0.3) is 5.69 Å². The van der Waals surface area contributed by atoms with Crippen LogP contribution in [0.4, 0.5) is 36.4 Å². The monoisotopic (exact) mass is 451 g/mol. The Morgan fingerprint density at radius 2 is 1.61 bits per heavy atom. The van der Waals surface area contributed by atoms with Crippen LogP contribution >= 0.6 is 0 Å². The maximum absolute atomic E-state index is 14.0. The molecule has 14 heteroatoms. The first-order chi connectivity index (χ1) is 14.5. The molecular formula is C17H8F7N3O4. The molecule has 2 aromatic carbocycles. The number of nitrogens with zero attached hydrogens (tertiary/aromatic N) is 2. The SMILES string of the molecule is COc1ccc(-[n+]2[nH]oc(=O)c2C([O-])=Nc2c(F)c(F)c(C(F)(F)F)c(F)c2F)cc1. The standard InChI is InChI=1S/C17H8F7N3O4/c1-30-7-4-2-6(3-5-7)27-14(16(29)31-26-27)15(28)25-13-11(20)9(18)8(17(22,23)24)10(19)12(13)21/h2-5H,1H3,(H-,25,26,28,29). The average Bonchev–Trinajstić information content (AvgIpc) is 3.10. The van der Waals surface area contributed by atoms with Crippen molar-refractivity contribution in [2.45, 2.75) is 6.18 Å². The van der Waals surface area contributed by atoms with Crippen LogP contribution in [-0.2, 0) is 6.18 Å². The topological polar surface area (TPSA) is 94.5 Å². The molecule has 0 unspecified atom stereocenters. The van der Waals surface area contributed by atoms with Crippen LogP contribution in [-0.4, -0.2) is 18.3 Å². The summed E-state index contributed by atoms with van der Waals surface area (Å²) in [6.45, 7) is 0. The summed E-state index contributed by atoms with van der Waals surface area (Å²) in [5, 5.41) is 14.3. The largest absolute Gasteiger partial charge is 0.854 e. The second-order valence-electron chi connectivity index (χ2n) is 5.76. The first kappa shape index (κ1) is 21.9. The second-order valence-corrected chi connectivity index (χ2v) is 5.76. The second kappa shape index (κ2) is 7.77. The van der Waals surface area contributed by atoms with Gasteiger partial charge in [-0.2, -0.15) is 13.2 Å². The molecule has 7 nitrogen and oxygen atoms in total. The molecule has 0 saturated heterocycles. The predicted octanol–water partition coefficient (Wildman–Crippen LogP) is 2.27. The lowest BCUT2D eigenvalue weighted by Gasteiger charge is -2.13. The van der Waals surface area contributed by atoms with Crippen molar-refractivity contribution in [2.75, 3.05) is 7.11 Å². The number of rotatable bonds is 4. The molecule has 0 amide bonds. The predicted molar refractivity (Wildman–Crippen MR) is 84.9 cm³/mol. The van der Waals surface area contributed by atoms with Crippen LogP contribution in [0.2, 0.25) is 0 Å². The zero-order chi connectivity index (χ0) is 23.1. The molecule has 1 aromatic heterocycles. The van der Waals surface area contributed by atoms with E-state index in [2.05, 4.69) is 9.52 Å². The summed E-state index contributed by atoms with van der Waals surface area (Å²) in [5.41, 5.74) is -7.14. The van der Waals surface area contributed by atoms with Crippen LogP contribution < -0.4 is 20.2 Å². The van der Waals surface area contributed by atoms with E-state index in [1.165, 1.54) is 31.4 Å². The lowest BCUT2D eigenvalue weighted by Crippen LogP contribution is -2.44. The molecule has 0 aliphatic rings. The summed E-state index contributed by atoms with van der Waals surface area (Å²) in [6.07, 6.45) is -5.77. The van der Waals surface area contributed by atoms with Gasteiger partial charge in [0.15, 0.2) is 23.3 Å². The van der Waals surface area contributed by atoms with Gasteiger partial charge in [0.1, 0.15) is 17.0 Å². The Labute approximate surface area is 166 Å². The van der Waals surface area contributed by atoms with Crippen molar-refractivity contribution in [2.24, 2.45) is 4.99 Å². The van der Waals surface area contributed by atoms with Gasteiger partial charge in [-0.25, -0.2) is 22.4 Å². The molecule has 0 spiro atoms. The molecule has 164 valence electrons. The van der Waals surface area contributed by atoms with Gasteiger partial charge in [-0.15, -0.1) is 0 Å². The van der Waals surface area contributed by atoms with Gasteiger partial charge in [0, 0.05) is 12.1 Å². The number of hydrogen-bond donors (Lipinski definition) is 1. The Hall–Kier alpha value is -3.84. The third-order valence-electron chi connectivity index (χ3n) is 3.92. The van der Waals surface area contributed by atoms with Gasteiger partial charge < -0.3 is 9.84 Å². The highest BCUT2D eigenvalue weighted by atomic mass is 19.4. The highest BCUT2D eigenvalue weighted by Crippen LogP contribution is 2.39. The number of ether oxygens (including phenoxy) is 1. The molecule has 0 aliphatic heterocycles. The normalized spacial score (nSPS) is 12.3. The van der Waals surface area contributed by atoms with Gasteiger partial charge in [0.2, 0.25) is 5.69 Å². The van der Waals surface area contributed by atoms with E-state index in [1.807, 2.05) is 5.27 Å². The number of benzene rings is 2. The van der Waals surface area contributed by atoms with Gasteiger partial charge >= 0.3 is 17.5 Å². The van der Waals surface area contributed by atoms with E-state index in [1.54, 1.807) is 0 Å². The van der Waals surface area contributed by atoms with E-state index < -0.39 is 57.9 Å². The molecule has 31 heavy (non-hydrogen) atoms. The number of nitrogens with one attached hydrogen (secondary N) is 1. The molecule has 1 heterocycles. The lowest BCUT2D eigenvalue weighted by molar-refractivity contribution is -0.673. The van der Waals surface area contributed by atoms with Crippen molar-refractivity contribution >= 4 is 11.6 Å². The molecule has 0 atom stereocenters. The smallest absolute Gasteiger partial charge is 0.436 e. The number of hydrogen-bond acceptors (Lipinski definition) is 5. The number of aromatic amines is 1. The van der Waals surface area contributed by atoms with Crippen LogP contribution in [0.1, 0.15) is 11.3 Å². The van der Waals surface area contributed by atoms with Gasteiger partial charge in [0.05, 0.1) is 13.0 Å². The van der Waals surface area contributed by atoms with Gasteiger partial charge in [-0.1, -0.05) is 0 Å². The number of aliphatic imine (C=N–C) groups is 1. The Balaban J connectivity index is 2.17. The quantitative estimate of drug-likeness (QED) is 0.217. The van der Waals surface area contributed by atoms with Crippen LogP contribution in [0.5, 0.6) is 5.75 Å². The number of methoxy groups -OCH3 is 1. The van der Waals surface area contributed by atoms with Crippen molar-refractivity contribution in [1.29, 1.82) is 0 Å². The molecule has 0 aliphatic carbocycles. The zero-order valence-electron chi connectivity index (χ0n) is 15.0. The van der Waals surface area contributed by atoms with E-state index in [4.69, 9.17) is 4.74 Å². The minimum absolute atomic E-state index is 0.0657. The number of H-pyrrole nitrogens is 1. The Morgan fingerprint density at radius 1 is 1.06 bits per heavy atom. The van der Waals surface area contributed by atoms with Crippen molar-refractivity contribution in [3.05, 3.63) is 69.2 Å². The van der Waals surface area contributed by atoms with Gasteiger partial charge in [-0.05, 0) is 22.1 Å². The molecule has 0 fully saturated rings. The van der Waals surface area contributed by atoms with Crippen molar-refractivity contribution in [3.8, 4) is 11.4 Å². The fourth-order valence-electron chi connectivity index (χ4n) is 2.49. The van der Waals surface area contributed by atoms with Crippen LogP contribution in [0.3, 0.4) is 0 Å². The van der Waals surface area contributed by atoms with Crippen molar-refractivity contribution < 1.29 is 49.8 Å². The van der Waals surface area contributed by atoms with Crippen molar-refractivity contribution in [3.63, 3.8) is 0 Å². The summed E-state index contributed by atoms with van der Waals surface area (Å²) in [4.78, 5) is 14.6. The maximum atomic E-state index is 14.0. The molecule has 3 rings (SSSR count). The van der Waals surface area contributed by atoms with Gasteiger partial charge in [0.25, 0.3) is 0 Å². The summed E-state index contributed by atoms with van der Waals surface area (Å²) in [7, 11) is 1.36. The fourth-order valence-corrected chi connectivity index (χ4v) is 2.49. The molecule has 0 radical (unpaired) electrons. The minimum atomic E-state index is -5.77. The number of halogens is 7. The van der Waals surface area contributed by atoms with Crippen molar-refractivity contribution in [1.82, 2.24) is 5.27 Å². The molecule has 0 saturated carbocycles. The number of aromatic nitrogens is 2. The average molecular weight is 451 g/mol.